The van der Waals surface area contributed by atoms with Crippen LogP contribution in [-0.2, 0) is 11.3 Å². The topological polar surface area (TPSA) is 78.4 Å². The molecule has 8 heteroatoms. The quantitative estimate of drug-likeness (QED) is 0.207. The van der Waals surface area contributed by atoms with E-state index in [-0.39, 0.29) is 29.9 Å². The molecule has 0 spiro atoms. The summed E-state index contributed by atoms with van der Waals surface area (Å²) in [5.74, 6) is 1.97. The second-order valence-corrected chi connectivity index (χ2v) is 8.09. The van der Waals surface area contributed by atoms with Crippen LogP contribution in [0.5, 0.6) is 0 Å². The van der Waals surface area contributed by atoms with E-state index >= 15 is 0 Å². The highest BCUT2D eigenvalue weighted by Gasteiger charge is 2.17. The molecule has 1 heterocycles. The van der Waals surface area contributed by atoms with E-state index in [0.29, 0.717) is 37.9 Å². The zero-order valence-corrected chi connectivity index (χ0v) is 19.9. The highest BCUT2D eigenvalue weighted by molar-refractivity contribution is 14.0. The van der Waals surface area contributed by atoms with Crippen LogP contribution in [0.2, 0.25) is 0 Å². The van der Waals surface area contributed by atoms with Gasteiger partial charge in [0.15, 0.2) is 5.96 Å². The summed E-state index contributed by atoms with van der Waals surface area (Å²) in [5, 5.41) is 12.6. The zero-order valence-electron chi connectivity index (χ0n) is 16.7. The highest BCUT2D eigenvalue weighted by Crippen LogP contribution is 2.27. The fourth-order valence-electron chi connectivity index (χ4n) is 3.08. The number of guanidine groups is 1. The SMILES string of the molecule is CCNC(=NCc1nc(C(C)C)cs1)NCCNC(=O)CC1CCCC1.I. The molecule has 0 radical (unpaired) electrons. The monoisotopic (exact) mass is 507 g/mol. The van der Waals surface area contributed by atoms with Crippen molar-refractivity contribution in [2.75, 3.05) is 19.6 Å². The summed E-state index contributed by atoms with van der Waals surface area (Å²) in [6, 6.07) is 0. The fourth-order valence-corrected chi connectivity index (χ4v) is 3.96. The van der Waals surface area contributed by atoms with Crippen LogP contribution < -0.4 is 16.0 Å². The van der Waals surface area contributed by atoms with E-state index in [1.54, 1.807) is 11.3 Å². The van der Waals surface area contributed by atoms with Crippen LogP contribution in [0.4, 0.5) is 0 Å². The number of hydrogen-bond donors (Lipinski definition) is 3. The first-order chi connectivity index (χ1) is 12.6. The molecule has 1 aliphatic rings. The van der Waals surface area contributed by atoms with Gasteiger partial charge >= 0.3 is 0 Å². The van der Waals surface area contributed by atoms with Gasteiger partial charge in [-0.3, -0.25) is 4.79 Å². The van der Waals surface area contributed by atoms with Crippen LogP contribution in [0.3, 0.4) is 0 Å². The molecule has 154 valence electrons. The molecule has 1 aromatic rings. The predicted molar refractivity (Wildman–Crippen MR) is 124 cm³/mol. The number of thiazole rings is 1. The summed E-state index contributed by atoms with van der Waals surface area (Å²) >= 11 is 1.65. The van der Waals surface area contributed by atoms with Crippen molar-refractivity contribution in [2.24, 2.45) is 10.9 Å². The normalized spacial score (nSPS) is 14.9. The van der Waals surface area contributed by atoms with E-state index in [1.165, 1.54) is 25.7 Å². The van der Waals surface area contributed by atoms with Gasteiger partial charge in [0.05, 0.1) is 12.2 Å². The van der Waals surface area contributed by atoms with Gasteiger partial charge in [-0.25, -0.2) is 9.98 Å². The Bertz CT molecular complexity index is 584. The zero-order chi connectivity index (χ0) is 18.8. The minimum Gasteiger partial charge on any atom is -0.357 e. The van der Waals surface area contributed by atoms with Crippen molar-refractivity contribution in [3.63, 3.8) is 0 Å². The first kappa shape index (κ1) is 24.1. The molecule has 0 aliphatic heterocycles. The number of carbonyl (C=O) groups excluding carboxylic acids is 1. The Morgan fingerprint density at radius 3 is 2.59 bits per heavy atom. The van der Waals surface area contributed by atoms with Crippen LogP contribution in [-0.4, -0.2) is 36.5 Å². The first-order valence-electron chi connectivity index (χ1n) is 9.81. The maximum Gasteiger partial charge on any atom is 0.220 e. The molecule has 0 aromatic carbocycles. The van der Waals surface area contributed by atoms with Crippen molar-refractivity contribution in [2.45, 2.75) is 65.3 Å². The van der Waals surface area contributed by atoms with Gasteiger partial charge < -0.3 is 16.0 Å². The third-order valence-corrected chi connectivity index (χ3v) is 5.42. The molecule has 3 N–H and O–H groups in total. The Hall–Kier alpha value is -0.900. The number of amides is 1. The third kappa shape index (κ3) is 9.23. The maximum atomic E-state index is 11.9. The van der Waals surface area contributed by atoms with Crippen molar-refractivity contribution < 1.29 is 4.79 Å². The summed E-state index contributed by atoms with van der Waals surface area (Å²) in [6.45, 7) is 8.99. The maximum absolute atomic E-state index is 11.9. The van der Waals surface area contributed by atoms with Gasteiger partial charge in [-0.15, -0.1) is 35.3 Å². The number of carbonyl (C=O) groups is 1. The molecule has 0 saturated heterocycles. The molecule has 1 amide bonds. The minimum absolute atomic E-state index is 0. The molecule has 1 aromatic heterocycles. The summed E-state index contributed by atoms with van der Waals surface area (Å²) in [5.41, 5.74) is 1.13. The molecule has 6 nitrogen and oxygen atoms in total. The number of aliphatic imine (C=N–C) groups is 1. The highest BCUT2D eigenvalue weighted by atomic mass is 127. The molecule has 0 bridgehead atoms. The lowest BCUT2D eigenvalue weighted by molar-refractivity contribution is -0.121. The van der Waals surface area contributed by atoms with Crippen LogP contribution in [0, 0.1) is 5.92 Å². The van der Waals surface area contributed by atoms with E-state index < -0.39 is 0 Å². The van der Waals surface area contributed by atoms with Crippen molar-refractivity contribution >= 4 is 47.2 Å². The van der Waals surface area contributed by atoms with Gasteiger partial charge in [-0.05, 0) is 31.6 Å². The Balaban J connectivity index is 0.00000364. The smallest absolute Gasteiger partial charge is 0.220 e. The van der Waals surface area contributed by atoms with Crippen molar-refractivity contribution in [1.29, 1.82) is 0 Å². The molecular formula is C19H34IN5OS. The van der Waals surface area contributed by atoms with Gasteiger partial charge in [0.25, 0.3) is 0 Å². The molecule has 1 saturated carbocycles. The molecule has 2 rings (SSSR count). The number of halogens is 1. The van der Waals surface area contributed by atoms with Gasteiger partial charge in [0.1, 0.15) is 5.01 Å². The first-order valence-corrected chi connectivity index (χ1v) is 10.7. The Labute approximate surface area is 184 Å². The van der Waals surface area contributed by atoms with Crippen molar-refractivity contribution in [3.8, 4) is 0 Å². The molecule has 0 atom stereocenters. The largest absolute Gasteiger partial charge is 0.357 e. The molecule has 27 heavy (non-hydrogen) atoms. The van der Waals surface area contributed by atoms with Gasteiger partial charge in [0.2, 0.25) is 5.91 Å². The van der Waals surface area contributed by atoms with Gasteiger partial charge in [0, 0.05) is 31.4 Å². The van der Waals surface area contributed by atoms with E-state index in [9.17, 15) is 4.79 Å². The fraction of sp³-hybridized carbons (Fsp3) is 0.737. The Morgan fingerprint density at radius 1 is 1.26 bits per heavy atom. The number of hydrogen-bond acceptors (Lipinski definition) is 4. The van der Waals surface area contributed by atoms with E-state index in [2.05, 4.69) is 45.2 Å². The minimum atomic E-state index is 0. The Kier molecular flexibility index (Phi) is 11.9. The lowest BCUT2D eigenvalue weighted by Crippen LogP contribution is -2.41. The summed E-state index contributed by atoms with van der Waals surface area (Å²) in [6.07, 6.45) is 5.65. The average molecular weight is 507 g/mol. The van der Waals surface area contributed by atoms with Gasteiger partial charge in [-0.2, -0.15) is 0 Å². The van der Waals surface area contributed by atoms with Crippen molar-refractivity contribution in [3.05, 3.63) is 16.1 Å². The van der Waals surface area contributed by atoms with Crippen LogP contribution >= 0.6 is 35.3 Å². The number of nitrogens with one attached hydrogen (secondary N) is 3. The third-order valence-electron chi connectivity index (χ3n) is 4.57. The summed E-state index contributed by atoms with van der Waals surface area (Å²) in [7, 11) is 0. The average Bonchev–Trinajstić information content (AvgIpc) is 3.28. The molecule has 1 fully saturated rings. The lowest BCUT2D eigenvalue weighted by Gasteiger charge is -2.12. The van der Waals surface area contributed by atoms with E-state index in [0.717, 1.165) is 23.2 Å². The lowest BCUT2D eigenvalue weighted by atomic mass is 10.0. The summed E-state index contributed by atoms with van der Waals surface area (Å²) < 4.78 is 0. The number of rotatable bonds is 9. The standard InChI is InChI=1S/C19H33N5OS.HI/c1-4-20-19(23-12-18-24-16(13-26-18)14(2)3)22-10-9-21-17(25)11-15-7-5-6-8-15;/h13-15H,4-12H2,1-3H3,(H,21,25)(H2,20,22,23);1H. The molecule has 1 aliphatic carbocycles. The van der Waals surface area contributed by atoms with Gasteiger partial charge in [-0.1, -0.05) is 26.7 Å². The number of aromatic nitrogens is 1. The van der Waals surface area contributed by atoms with E-state index in [4.69, 9.17) is 0 Å². The molecule has 0 unspecified atom stereocenters. The second kappa shape index (κ2) is 13.3. The number of nitrogens with zero attached hydrogens (tertiary/aromatic N) is 2. The Morgan fingerprint density at radius 2 is 1.96 bits per heavy atom. The predicted octanol–water partition coefficient (Wildman–Crippen LogP) is 3.64. The van der Waals surface area contributed by atoms with Crippen molar-refractivity contribution in [1.82, 2.24) is 20.9 Å². The van der Waals surface area contributed by atoms with Crippen LogP contribution in [0.1, 0.15) is 69.5 Å². The second-order valence-electron chi connectivity index (χ2n) is 7.15. The summed E-state index contributed by atoms with van der Waals surface area (Å²) in [4.78, 5) is 21.1. The molecular weight excluding hydrogens is 473 g/mol. The van der Waals surface area contributed by atoms with E-state index in [1.807, 2.05) is 6.92 Å². The van der Waals surface area contributed by atoms with Crippen LogP contribution in [0.25, 0.3) is 0 Å². The van der Waals surface area contributed by atoms with Crippen LogP contribution in [0.15, 0.2) is 10.4 Å².